The molecule has 0 radical (unpaired) electrons. The average Bonchev–Trinajstić information content (AvgIpc) is 2.86. The topological polar surface area (TPSA) is 63.4 Å². The van der Waals surface area contributed by atoms with Gasteiger partial charge in [-0.05, 0) is 24.8 Å². The van der Waals surface area contributed by atoms with E-state index in [1.165, 1.54) is 18.2 Å². The molecule has 0 saturated carbocycles. The fourth-order valence-corrected chi connectivity index (χ4v) is 3.27. The number of hydrogen-bond donors (Lipinski definition) is 0. The SMILES string of the molecule is O=C(c1cc(Cl)cc([N+](=O)[O-])c1)N1CCC(CCBr)C1. The Morgan fingerprint density at radius 3 is 2.90 bits per heavy atom. The van der Waals surface area contributed by atoms with Gasteiger partial charge in [0, 0.05) is 41.1 Å². The molecule has 1 aliphatic heterocycles. The summed E-state index contributed by atoms with van der Waals surface area (Å²) >= 11 is 9.24. The second kappa shape index (κ2) is 6.54. The highest BCUT2D eigenvalue weighted by Gasteiger charge is 2.27. The molecule has 0 aromatic heterocycles. The zero-order valence-electron chi connectivity index (χ0n) is 10.7. The van der Waals surface area contributed by atoms with Gasteiger partial charge in [0.2, 0.25) is 0 Å². The van der Waals surface area contributed by atoms with E-state index >= 15 is 0 Å². The second-order valence-corrected chi connectivity index (χ2v) is 6.07. The van der Waals surface area contributed by atoms with Crippen molar-refractivity contribution < 1.29 is 9.72 Å². The third kappa shape index (κ3) is 3.49. The van der Waals surface area contributed by atoms with E-state index in [1.807, 2.05) is 0 Å². The van der Waals surface area contributed by atoms with Gasteiger partial charge in [0.1, 0.15) is 0 Å². The van der Waals surface area contributed by atoms with Gasteiger partial charge in [0.05, 0.1) is 4.92 Å². The Kier molecular flexibility index (Phi) is 4.99. The van der Waals surface area contributed by atoms with E-state index in [1.54, 1.807) is 4.90 Å². The molecule has 2 rings (SSSR count). The van der Waals surface area contributed by atoms with Gasteiger partial charge >= 0.3 is 0 Å². The van der Waals surface area contributed by atoms with Crippen LogP contribution in [-0.2, 0) is 0 Å². The summed E-state index contributed by atoms with van der Waals surface area (Å²) in [5, 5.41) is 11.9. The van der Waals surface area contributed by atoms with E-state index < -0.39 is 4.92 Å². The predicted octanol–water partition coefficient (Wildman–Crippen LogP) is 3.50. The summed E-state index contributed by atoms with van der Waals surface area (Å²) in [4.78, 5) is 24.4. The number of nitrogens with zero attached hydrogens (tertiary/aromatic N) is 2. The lowest BCUT2D eigenvalue weighted by atomic mass is 10.1. The standard InChI is InChI=1S/C13H14BrClN2O3/c14-3-1-9-2-4-16(8-9)13(18)10-5-11(15)7-12(6-10)17(19)20/h5-7,9H,1-4,8H2. The van der Waals surface area contributed by atoms with E-state index in [2.05, 4.69) is 15.9 Å². The Morgan fingerprint density at radius 1 is 1.50 bits per heavy atom. The van der Waals surface area contributed by atoms with Gasteiger partial charge in [-0.25, -0.2) is 0 Å². The van der Waals surface area contributed by atoms with E-state index in [0.717, 1.165) is 18.2 Å². The number of halogens is 2. The number of carbonyl (C=O) groups excluding carboxylic acids is 1. The number of rotatable bonds is 4. The van der Waals surface area contributed by atoms with Crippen molar-refractivity contribution in [3.63, 3.8) is 0 Å². The van der Waals surface area contributed by atoms with Crippen LogP contribution < -0.4 is 0 Å². The number of amides is 1. The van der Waals surface area contributed by atoms with Crippen LogP contribution in [0.15, 0.2) is 18.2 Å². The van der Waals surface area contributed by atoms with E-state index in [-0.39, 0.29) is 22.2 Å². The third-order valence-corrected chi connectivity index (χ3v) is 4.11. The van der Waals surface area contributed by atoms with Crippen LogP contribution in [0.25, 0.3) is 0 Å². The van der Waals surface area contributed by atoms with E-state index in [9.17, 15) is 14.9 Å². The highest BCUT2D eigenvalue weighted by atomic mass is 79.9. The van der Waals surface area contributed by atoms with Crippen molar-refractivity contribution in [3.05, 3.63) is 38.9 Å². The Labute approximate surface area is 130 Å². The Balaban J connectivity index is 2.15. The summed E-state index contributed by atoms with van der Waals surface area (Å²) in [5.74, 6) is 0.306. The summed E-state index contributed by atoms with van der Waals surface area (Å²) in [7, 11) is 0. The molecule has 108 valence electrons. The fourth-order valence-electron chi connectivity index (χ4n) is 2.39. The molecule has 7 heteroatoms. The number of likely N-dealkylation sites (tertiary alicyclic amines) is 1. The van der Waals surface area contributed by atoms with Crippen molar-refractivity contribution in [1.82, 2.24) is 4.90 Å². The lowest BCUT2D eigenvalue weighted by molar-refractivity contribution is -0.384. The first kappa shape index (κ1) is 15.3. The molecular formula is C13H14BrClN2O3. The van der Waals surface area contributed by atoms with Crippen molar-refractivity contribution in [2.75, 3.05) is 18.4 Å². The molecule has 1 unspecified atom stereocenters. The average molecular weight is 362 g/mol. The minimum Gasteiger partial charge on any atom is -0.338 e. The van der Waals surface area contributed by atoms with Gasteiger partial charge in [-0.1, -0.05) is 27.5 Å². The van der Waals surface area contributed by atoms with Crippen LogP contribution in [0.3, 0.4) is 0 Å². The molecule has 1 aliphatic rings. The molecular weight excluding hydrogens is 348 g/mol. The van der Waals surface area contributed by atoms with Gasteiger partial charge in [0.15, 0.2) is 0 Å². The Bertz CT molecular complexity index is 538. The number of nitro benzene ring substituents is 1. The quantitative estimate of drug-likeness (QED) is 0.468. The number of non-ortho nitro benzene ring substituents is 1. The highest BCUT2D eigenvalue weighted by Crippen LogP contribution is 2.25. The summed E-state index contributed by atoms with van der Waals surface area (Å²) in [6, 6.07) is 4.01. The molecule has 5 nitrogen and oxygen atoms in total. The van der Waals surface area contributed by atoms with Crippen LogP contribution in [0.1, 0.15) is 23.2 Å². The van der Waals surface area contributed by atoms with Crippen LogP contribution >= 0.6 is 27.5 Å². The van der Waals surface area contributed by atoms with Gasteiger partial charge in [-0.2, -0.15) is 0 Å². The van der Waals surface area contributed by atoms with Crippen molar-refractivity contribution in [2.24, 2.45) is 5.92 Å². The van der Waals surface area contributed by atoms with Crippen LogP contribution in [0.4, 0.5) is 5.69 Å². The van der Waals surface area contributed by atoms with Crippen molar-refractivity contribution in [1.29, 1.82) is 0 Å². The molecule has 1 aromatic rings. The van der Waals surface area contributed by atoms with Crippen molar-refractivity contribution >= 4 is 39.1 Å². The maximum Gasteiger partial charge on any atom is 0.271 e. The maximum absolute atomic E-state index is 12.4. The molecule has 1 aromatic carbocycles. The minimum absolute atomic E-state index is 0.156. The maximum atomic E-state index is 12.4. The zero-order valence-corrected chi connectivity index (χ0v) is 13.1. The van der Waals surface area contributed by atoms with Crippen LogP contribution in [0, 0.1) is 16.0 Å². The summed E-state index contributed by atoms with van der Waals surface area (Å²) in [6.07, 6.45) is 2.00. The molecule has 0 N–H and O–H groups in total. The second-order valence-electron chi connectivity index (χ2n) is 4.84. The molecule has 0 bridgehead atoms. The summed E-state index contributed by atoms with van der Waals surface area (Å²) < 4.78 is 0. The molecule has 1 heterocycles. The molecule has 1 saturated heterocycles. The Morgan fingerprint density at radius 2 is 2.25 bits per heavy atom. The summed E-state index contributed by atoms with van der Waals surface area (Å²) in [5.41, 5.74) is 0.126. The number of alkyl halides is 1. The molecule has 1 fully saturated rings. The zero-order chi connectivity index (χ0) is 14.7. The molecule has 0 spiro atoms. The first-order valence-corrected chi connectivity index (χ1v) is 7.81. The minimum atomic E-state index is -0.541. The number of nitro groups is 1. The largest absolute Gasteiger partial charge is 0.338 e. The smallest absolute Gasteiger partial charge is 0.271 e. The van der Waals surface area contributed by atoms with Crippen LogP contribution in [0.2, 0.25) is 5.02 Å². The predicted molar refractivity (Wildman–Crippen MR) is 80.5 cm³/mol. The highest BCUT2D eigenvalue weighted by molar-refractivity contribution is 9.09. The molecule has 0 aliphatic carbocycles. The van der Waals surface area contributed by atoms with E-state index in [4.69, 9.17) is 11.6 Å². The normalized spacial score (nSPS) is 18.3. The number of hydrogen-bond acceptors (Lipinski definition) is 3. The van der Waals surface area contributed by atoms with E-state index in [0.29, 0.717) is 19.0 Å². The Hall–Kier alpha value is -1.14. The van der Waals surface area contributed by atoms with Crippen molar-refractivity contribution in [2.45, 2.75) is 12.8 Å². The summed E-state index contributed by atoms with van der Waals surface area (Å²) in [6.45, 7) is 1.39. The number of carbonyl (C=O) groups is 1. The molecule has 1 amide bonds. The first-order chi connectivity index (χ1) is 9.51. The third-order valence-electron chi connectivity index (χ3n) is 3.43. The molecule has 20 heavy (non-hydrogen) atoms. The van der Waals surface area contributed by atoms with Crippen molar-refractivity contribution in [3.8, 4) is 0 Å². The van der Waals surface area contributed by atoms with Gasteiger partial charge in [-0.15, -0.1) is 0 Å². The lowest BCUT2D eigenvalue weighted by Gasteiger charge is -2.16. The first-order valence-electron chi connectivity index (χ1n) is 6.31. The molecule has 1 atom stereocenters. The van der Waals surface area contributed by atoms with Crippen LogP contribution in [-0.4, -0.2) is 34.2 Å². The number of benzene rings is 1. The fraction of sp³-hybridized carbons (Fsp3) is 0.462. The van der Waals surface area contributed by atoms with Gasteiger partial charge in [-0.3, -0.25) is 14.9 Å². The lowest BCUT2D eigenvalue weighted by Crippen LogP contribution is -2.28. The van der Waals surface area contributed by atoms with Gasteiger partial charge in [0.25, 0.3) is 11.6 Å². The monoisotopic (exact) mass is 360 g/mol. The van der Waals surface area contributed by atoms with Crippen LogP contribution in [0.5, 0.6) is 0 Å². The van der Waals surface area contributed by atoms with Gasteiger partial charge < -0.3 is 4.90 Å².